The predicted octanol–water partition coefficient (Wildman–Crippen LogP) is 2.37. The molecule has 0 spiro atoms. The van der Waals surface area contributed by atoms with Crippen LogP contribution in [-0.2, 0) is 21.2 Å². The van der Waals surface area contributed by atoms with Crippen LogP contribution < -0.4 is 10.1 Å². The van der Waals surface area contributed by atoms with E-state index in [-0.39, 0.29) is 17.4 Å². The fourth-order valence-corrected chi connectivity index (χ4v) is 5.03. The van der Waals surface area contributed by atoms with Crippen molar-refractivity contribution in [1.29, 1.82) is 0 Å². The molecule has 0 radical (unpaired) electrons. The minimum absolute atomic E-state index is 0.0120. The molecule has 1 fully saturated rings. The number of sulfone groups is 1. The van der Waals surface area contributed by atoms with E-state index in [2.05, 4.69) is 10.3 Å². The monoisotopic (exact) mass is 386 g/mol. The first-order valence-electron chi connectivity index (χ1n) is 8.67. The Morgan fingerprint density at radius 3 is 2.67 bits per heavy atom. The lowest BCUT2D eigenvalue weighted by atomic mass is 10.0. The van der Waals surface area contributed by atoms with E-state index in [1.54, 1.807) is 19.2 Å². The molecule has 27 heavy (non-hydrogen) atoms. The van der Waals surface area contributed by atoms with Gasteiger partial charge in [-0.15, -0.1) is 0 Å². The molecule has 1 N–H and O–H groups in total. The second kappa shape index (κ2) is 7.92. The van der Waals surface area contributed by atoms with Gasteiger partial charge in [0.25, 0.3) is 0 Å². The highest BCUT2D eigenvalue weighted by atomic mass is 32.2. The highest BCUT2D eigenvalue weighted by Crippen LogP contribution is 2.22. The number of carbonyl (C=O) groups excluding carboxylic acids is 1. The van der Waals surface area contributed by atoms with Crippen LogP contribution in [0.1, 0.15) is 24.6 Å². The molecule has 1 aromatic heterocycles. The van der Waals surface area contributed by atoms with Gasteiger partial charge in [0.05, 0.1) is 22.7 Å². The van der Waals surface area contributed by atoms with Crippen LogP contribution in [0, 0.1) is 0 Å². The highest BCUT2D eigenvalue weighted by Gasteiger charge is 2.39. The van der Waals surface area contributed by atoms with Crippen LogP contribution in [0.2, 0.25) is 0 Å². The predicted molar refractivity (Wildman–Crippen MR) is 104 cm³/mol. The average molecular weight is 386 g/mol. The van der Waals surface area contributed by atoms with Crippen LogP contribution in [0.3, 0.4) is 0 Å². The fraction of sp³-hybridized carbons (Fsp3) is 0.300. The zero-order valence-corrected chi connectivity index (χ0v) is 15.9. The van der Waals surface area contributed by atoms with Gasteiger partial charge in [-0.3, -0.25) is 9.78 Å². The maximum absolute atomic E-state index is 12.1. The molecule has 1 aromatic carbocycles. The van der Waals surface area contributed by atoms with Gasteiger partial charge in [-0.2, -0.15) is 0 Å². The van der Waals surface area contributed by atoms with Crippen molar-refractivity contribution in [3.8, 4) is 5.75 Å². The third-order valence-corrected chi connectivity index (χ3v) is 6.25. The summed E-state index contributed by atoms with van der Waals surface area (Å²) in [7, 11) is -3.05. The zero-order valence-electron chi connectivity index (χ0n) is 15.1. The van der Waals surface area contributed by atoms with Crippen LogP contribution in [-0.4, -0.2) is 36.4 Å². The van der Waals surface area contributed by atoms with Gasteiger partial charge in [-0.1, -0.05) is 18.2 Å². The summed E-state index contributed by atoms with van der Waals surface area (Å²) in [5.74, 6) is 0.519. The largest absolute Gasteiger partial charge is 0.487 e. The normalized spacial score (nSPS) is 21.2. The molecule has 2 aromatic rings. The molecule has 0 saturated carbocycles. The van der Waals surface area contributed by atoms with E-state index < -0.39 is 15.4 Å². The van der Waals surface area contributed by atoms with Crippen molar-refractivity contribution < 1.29 is 17.9 Å². The summed E-state index contributed by atoms with van der Waals surface area (Å²) in [6.45, 7) is 2.15. The molecule has 7 heteroatoms. The summed E-state index contributed by atoms with van der Waals surface area (Å²) in [5, 5.41) is 2.79. The number of ether oxygens (including phenoxy) is 1. The first kappa shape index (κ1) is 19.1. The third kappa shape index (κ3) is 5.65. The average Bonchev–Trinajstić information content (AvgIpc) is 2.92. The molecule has 0 aliphatic carbocycles. The van der Waals surface area contributed by atoms with Gasteiger partial charge in [-0.05, 0) is 49.2 Å². The van der Waals surface area contributed by atoms with Crippen LogP contribution in [0.4, 0.5) is 0 Å². The van der Waals surface area contributed by atoms with Crippen molar-refractivity contribution >= 4 is 21.8 Å². The van der Waals surface area contributed by atoms with E-state index in [1.165, 1.54) is 6.08 Å². The Morgan fingerprint density at radius 1 is 1.26 bits per heavy atom. The van der Waals surface area contributed by atoms with Crippen molar-refractivity contribution in [1.82, 2.24) is 10.3 Å². The third-order valence-electron chi connectivity index (χ3n) is 4.35. The van der Waals surface area contributed by atoms with E-state index in [1.807, 2.05) is 42.5 Å². The van der Waals surface area contributed by atoms with Gasteiger partial charge in [0.15, 0.2) is 9.84 Å². The summed E-state index contributed by atoms with van der Waals surface area (Å²) >= 11 is 0. The molecule has 1 amide bonds. The van der Waals surface area contributed by atoms with E-state index >= 15 is 0 Å². The SMILES string of the molecule is CC1(NC(=O)C=Cc2ccc(OCc3ccccn3)cc2)CCS(=O)(=O)C1. The molecule has 0 bridgehead atoms. The van der Waals surface area contributed by atoms with Gasteiger partial charge in [0.1, 0.15) is 12.4 Å². The fourth-order valence-electron chi connectivity index (χ4n) is 2.94. The number of hydrogen-bond acceptors (Lipinski definition) is 5. The molecule has 1 unspecified atom stereocenters. The van der Waals surface area contributed by atoms with Crippen LogP contribution in [0.15, 0.2) is 54.7 Å². The minimum Gasteiger partial charge on any atom is -0.487 e. The van der Waals surface area contributed by atoms with Crippen LogP contribution >= 0.6 is 0 Å². The first-order valence-corrected chi connectivity index (χ1v) is 10.5. The number of benzene rings is 1. The summed E-state index contributed by atoms with van der Waals surface area (Å²) in [4.78, 5) is 16.3. The van der Waals surface area contributed by atoms with Crippen molar-refractivity contribution in [3.05, 3.63) is 66.0 Å². The molecule has 3 rings (SSSR count). The van der Waals surface area contributed by atoms with Crippen molar-refractivity contribution in [2.45, 2.75) is 25.5 Å². The molecular weight excluding hydrogens is 364 g/mol. The number of carbonyl (C=O) groups is 1. The Labute approximate surface area is 159 Å². The van der Waals surface area contributed by atoms with Crippen LogP contribution in [0.5, 0.6) is 5.75 Å². The van der Waals surface area contributed by atoms with Crippen molar-refractivity contribution in [3.63, 3.8) is 0 Å². The Hall–Kier alpha value is -2.67. The summed E-state index contributed by atoms with van der Waals surface area (Å²) < 4.78 is 28.9. The topological polar surface area (TPSA) is 85.4 Å². The number of rotatable bonds is 6. The molecule has 1 aliphatic rings. The maximum atomic E-state index is 12.1. The Balaban J connectivity index is 1.52. The number of pyridine rings is 1. The van der Waals surface area contributed by atoms with Gasteiger partial charge >= 0.3 is 0 Å². The van der Waals surface area contributed by atoms with Crippen LogP contribution in [0.25, 0.3) is 6.08 Å². The van der Waals surface area contributed by atoms with E-state index in [4.69, 9.17) is 4.74 Å². The Morgan fingerprint density at radius 2 is 2.04 bits per heavy atom. The standard InChI is InChI=1S/C20H22N2O4S/c1-20(11-13-27(24,25)15-20)22-19(23)10-7-16-5-8-18(9-6-16)26-14-17-4-2-3-12-21-17/h2-10,12H,11,13-15H2,1H3,(H,22,23). The molecular formula is C20H22N2O4S. The Kier molecular flexibility index (Phi) is 5.60. The summed E-state index contributed by atoms with van der Waals surface area (Å²) in [6.07, 6.45) is 5.26. The van der Waals surface area contributed by atoms with Gasteiger partial charge in [0.2, 0.25) is 5.91 Å². The number of nitrogens with zero attached hydrogens (tertiary/aromatic N) is 1. The first-order chi connectivity index (χ1) is 12.8. The molecule has 142 valence electrons. The lowest BCUT2D eigenvalue weighted by Crippen LogP contribution is -2.46. The molecule has 1 saturated heterocycles. The lowest BCUT2D eigenvalue weighted by Gasteiger charge is -2.22. The van der Waals surface area contributed by atoms with E-state index in [0.29, 0.717) is 18.8 Å². The number of nitrogens with one attached hydrogen (secondary N) is 1. The second-order valence-corrected chi connectivity index (χ2v) is 9.09. The van der Waals surface area contributed by atoms with E-state index in [9.17, 15) is 13.2 Å². The summed E-state index contributed by atoms with van der Waals surface area (Å²) in [6, 6.07) is 13.0. The smallest absolute Gasteiger partial charge is 0.244 e. The van der Waals surface area contributed by atoms with Gasteiger partial charge in [0, 0.05) is 12.3 Å². The van der Waals surface area contributed by atoms with E-state index in [0.717, 1.165) is 11.3 Å². The highest BCUT2D eigenvalue weighted by molar-refractivity contribution is 7.91. The number of hydrogen-bond donors (Lipinski definition) is 1. The molecule has 2 heterocycles. The summed E-state index contributed by atoms with van der Waals surface area (Å²) in [5.41, 5.74) is 1.00. The zero-order chi connectivity index (χ0) is 19.3. The second-order valence-electron chi connectivity index (χ2n) is 6.90. The van der Waals surface area contributed by atoms with Crippen molar-refractivity contribution in [2.75, 3.05) is 11.5 Å². The Bertz CT molecular complexity index is 924. The number of amides is 1. The lowest BCUT2D eigenvalue weighted by molar-refractivity contribution is -0.117. The minimum atomic E-state index is -3.05. The molecule has 1 atom stereocenters. The number of aromatic nitrogens is 1. The maximum Gasteiger partial charge on any atom is 0.244 e. The molecule has 6 nitrogen and oxygen atoms in total. The molecule has 1 aliphatic heterocycles. The quantitative estimate of drug-likeness (QED) is 0.771. The van der Waals surface area contributed by atoms with Crippen molar-refractivity contribution in [2.24, 2.45) is 0 Å². The van der Waals surface area contributed by atoms with Gasteiger partial charge in [-0.25, -0.2) is 8.42 Å². The van der Waals surface area contributed by atoms with Gasteiger partial charge < -0.3 is 10.1 Å².